The second kappa shape index (κ2) is 6.13. The lowest BCUT2D eigenvalue weighted by molar-refractivity contribution is 0.0643. The molecule has 0 bridgehead atoms. The molecular formula is C22H22N2O3. The molecule has 27 heavy (non-hydrogen) atoms. The molecule has 5 rings (SSSR count). The molecule has 2 aromatic carbocycles. The molecule has 1 aromatic heterocycles. The standard InChI is InChI=1S/C22H22N2O3/c1-26-15-6-7-17-14(12-15)13-18(24-17)20(25)21-22(8-10-23-11-9-22)16-4-2-3-5-19(16)27-21/h2-7,12-13,21,23-24H,8-11H2,1H3/t21-/m0/s1. The first-order valence-corrected chi connectivity index (χ1v) is 9.39. The van der Waals surface area contributed by atoms with Crippen LogP contribution in [0.25, 0.3) is 10.9 Å². The maximum Gasteiger partial charge on any atom is 0.220 e. The van der Waals surface area contributed by atoms with Crippen molar-refractivity contribution in [3.63, 3.8) is 0 Å². The Morgan fingerprint density at radius 3 is 2.78 bits per heavy atom. The first-order chi connectivity index (χ1) is 13.2. The monoisotopic (exact) mass is 362 g/mol. The summed E-state index contributed by atoms with van der Waals surface area (Å²) in [6.07, 6.45) is 1.30. The fourth-order valence-electron chi connectivity index (χ4n) is 4.58. The molecule has 1 saturated heterocycles. The van der Waals surface area contributed by atoms with Crippen LogP contribution in [0.15, 0.2) is 48.5 Å². The van der Waals surface area contributed by atoms with Crippen molar-refractivity contribution >= 4 is 16.7 Å². The molecule has 0 saturated carbocycles. The first kappa shape index (κ1) is 16.4. The molecule has 0 radical (unpaired) electrons. The van der Waals surface area contributed by atoms with Crippen molar-refractivity contribution in [2.24, 2.45) is 0 Å². The lowest BCUT2D eigenvalue weighted by Gasteiger charge is -2.37. The van der Waals surface area contributed by atoms with E-state index in [2.05, 4.69) is 16.4 Å². The highest BCUT2D eigenvalue weighted by Crippen LogP contribution is 2.49. The Morgan fingerprint density at radius 2 is 1.96 bits per heavy atom. The zero-order valence-corrected chi connectivity index (χ0v) is 15.2. The van der Waals surface area contributed by atoms with Gasteiger partial charge in [0.2, 0.25) is 5.78 Å². The van der Waals surface area contributed by atoms with E-state index < -0.39 is 6.10 Å². The maximum atomic E-state index is 13.5. The molecule has 5 heteroatoms. The number of hydrogen-bond acceptors (Lipinski definition) is 4. The van der Waals surface area contributed by atoms with Crippen LogP contribution in [0, 0.1) is 0 Å². The molecule has 1 fully saturated rings. The Kier molecular flexibility index (Phi) is 3.72. The predicted molar refractivity (Wildman–Crippen MR) is 104 cm³/mol. The number of methoxy groups -OCH3 is 1. The molecule has 1 spiro atoms. The van der Waals surface area contributed by atoms with Gasteiger partial charge < -0.3 is 19.8 Å². The number of H-pyrrole nitrogens is 1. The van der Waals surface area contributed by atoms with Gasteiger partial charge in [0, 0.05) is 21.9 Å². The van der Waals surface area contributed by atoms with E-state index in [1.54, 1.807) is 7.11 Å². The van der Waals surface area contributed by atoms with E-state index in [9.17, 15) is 4.79 Å². The summed E-state index contributed by atoms with van der Waals surface area (Å²) in [5.74, 6) is 1.64. The normalized spacial score (nSPS) is 20.4. The number of ether oxygens (including phenoxy) is 2. The number of carbonyl (C=O) groups excluding carboxylic acids is 1. The zero-order chi connectivity index (χ0) is 18.4. The fraction of sp³-hybridized carbons (Fsp3) is 0.318. The van der Waals surface area contributed by atoms with Crippen LogP contribution in [0.2, 0.25) is 0 Å². The Morgan fingerprint density at radius 1 is 1.15 bits per heavy atom. The van der Waals surface area contributed by atoms with Gasteiger partial charge in [0.1, 0.15) is 11.5 Å². The number of rotatable bonds is 3. The third-order valence-corrected chi connectivity index (χ3v) is 6.00. The number of aromatic nitrogens is 1. The largest absolute Gasteiger partial charge is 0.497 e. The summed E-state index contributed by atoms with van der Waals surface area (Å²) in [7, 11) is 1.64. The number of aromatic amines is 1. The zero-order valence-electron chi connectivity index (χ0n) is 15.2. The topological polar surface area (TPSA) is 63.4 Å². The number of fused-ring (bicyclic) bond motifs is 3. The van der Waals surface area contributed by atoms with Crippen LogP contribution in [0.1, 0.15) is 28.9 Å². The fourth-order valence-corrected chi connectivity index (χ4v) is 4.58. The molecule has 3 aromatic rings. The summed E-state index contributed by atoms with van der Waals surface area (Å²) in [4.78, 5) is 16.8. The smallest absolute Gasteiger partial charge is 0.220 e. The number of para-hydroxylation sites is 1. The van der Waals surface area contributed by atoms with E-state index in [4.69, 9.17) is 9.47 Å². The van der Waals surface area contributed by atoms with E-state index in [1.807, 2.05) is 42.5 Å². The average Bonchev–Trinajstić information content (AvgIpc) is 3.27. The Balaban J connectivity index is 1.56. The number of carbonyl (C=O) groups is 1. The lowest BCUT2D eigenvalue weighted by Crippen LogP contribution is -2.50. The highest BCUT2D eigenvalue weighted by Gasteiger charge is 2.52. The van der Waals surface area contributed by atoms with E-state index >= 15 is 0 Å². The Labute approximate surface area is 157 Å². The number of ketones is 1. The van der Waals surface area contributed by atoms with Gasteiger partial charge in [0.05, 0.1) is 12.8 Å². The van der Waals surface area contributed by atoms with E-state index in [1.165, 1.54) is 5.56 Å². The van der Waals surface area contributed by atoms with Crippen molar-refractivity contribution in [2.45, 2.75) is 24.4 Å². The molecule has 138 valence electrons. The van der Waals surface area contributed by atoms with Gasteiger partial charge in [-0.3, -0.25) is 4.79 Å². The summed E-state index contributed by atoms with van der Waals surface area (Å²) in [5, 5.41) is 4.38. The number of benzene rings is 2. The van der Waals surface area contributed by atoms with Gasteiger partial charge in [0.15, 0.2) is 6.10 Å². The SMILES string of the molecule is COc1ccc2[nH]c(C(=O)[C@@H]3Oc4ccccc4C34CCNCC4)cc2c1. The minimum atomic E-state index is -0.494. The van der Waals surface area contributed by atoms with Crippen molar-refractivity contribution in [1.29, 1.82) is 0 Å². The van der Waals surface area contributed by atoms with Gasteiger partial charge in [-0.2, -0.15) is 0 Å². The highest BCUT2D eigenvalue weighted by molar-refractivity contribution is 6.03. The van der Waals surface area contributed by atoms with Gasteiger partial charge in [-0.25, -0.2) is 0 Å². The third kappa shape index (κ3) is 2.46. The van der Waals surface area contributed by atoms with Gasteiger partial charge in [-0.15, -0.1) is 0 Å². The van der Waals surface area contributed by atoms with Crippen molar-refractivity contribution in [3.05, 3.63) is 59.8 Å². The van der Waals surface area contributed by atoms with Crippen LogP contribution >= 0.6 is 0 Å². The van der Waals surface area contributed by atoms with Gasteiger partial charge in [-0.05, 0) is 56.3 Å². The molecule has 0 unspecified atom stereocenters. The quantitative estimate of drug-likeness (QED) is 0.701. The van der Waals surface area contributed by atoms with Gasteiger partial charge in [0.25, 0.3) is 0 Å². The number of hydrogen-bond donors (Lipinski definition) is 2. The second-order valence-electron chi connectivity index (χ2n) is 7.40. The molecule has 5 nitrogen and oxygen atoms in total. The van der Waals surface area contributed by atoms with Crippen LogP contribution < -0.4 is 14.8 Å². The molecule has 1 atom stereocenters. The van der Waals surface area contributed by atoms with Crippen molar-refractivity contribution in [3.8, 4) is 11.5 Å². The summed E-state index contributed by atoms with van der Waals surface area (Å²) < 4.78 is 11.5. The molecule has 2 N–H and O–H groups in total. The number of nitrogens with one attached hydrogen (secondary N) is 2. The van der Waals surface area contributed by atoms with Crippen LogP contribution in [-0.2, 0) is 5.41 Å². The third-order valence-electron chi connectivity index (χ3n) is 6.00. The number of piperidine rings is 1. The maximum absolute atomic E-state index is 13.5. The Hall–Kier alpha value is -2.79. The summed E-state index contributed by atoms with van der Waals surface area (Å²) >= 11 is 0. The average molecular weight is 362 g/mol. The van der Waals surface area contributed by atoms with E-state index in [0.29, 0.717) is 5.69 Å². The van der Waals surface area contributed by atoms with Gasteiger partial charge in [-0.1, -0.05) is 18.2 Å². The molecule has 3 heterocycles. The van der Waals surface area contributed by atoms with Crippen LogP contribution in [0.4, 0.5) is 0 Å². The van der Waals surface area contributed by atoms with Gasteiger partial charge >= 0.3 is 0 Å². The summed E-state index contributed by atoms with van der Waals surface area (Å²) in [6, 6.07) is 15.8. The molecule has 0 amide bonds. The van der Waals surface area contributed by atoms with E-state index in [0.717, 1.165) is 48.3 Å². The van der Waals surface area contributed by atoms with Crippen LogP contribution in [0.3, 0.4) is 0 Å². The molecular weight excluding hydrogens is 340 g/mol. The van der Waals surface area contributed by atoms with E-state index in [-0.39, 0.29) is 11.2 Å². The minimum Gasteiger partial charge on any atom is -0.497 e. The van der Waals surface area contributed by atoms with Crippen molar-refractivity contribution in [1.82, 2.24) is 10.3 Å². The molecule has 2 aliphatic rings. The highest BCUT2D eigenvalue weighted by atomic mass is 16.5. The molecule has 0 aliphatic carbocycles. The predicted octanol–water partition coefficient (Wildman–Crippen LogP) is 3.44. The van der Waals surface area contributed by atoms with Crippen molar-refractivity contribution in [2.75, 3.05) is 20.2 Å². The number of Topliss-reactive ketones (excluding diaryl/α,β-unsaturated/α-hetero) is 1. The van der Waals surface area contributed by atoms with Crippen LogP contribution in [-0.4, -0.2) is 37.1 Å². The van der Waals surface area contributed by atoms with Crippen molar-refractivity contribution < 1.29 is 14.3 Å². The second-order valence-corrected chi connectivity index (χ2v) is 7.40. The summed E-state index contributed by atoms with van der Waals surface area (Å²) in [5.41, 5.74) is 2.43. The minimum absolute atomic E-state index is 0.0169. The summed E-state index contributed by atoms with van der Waals surface area (Å²) in [6.45, 7) is 1.79. The first-order valence-electron chi connectivity index (χ1n) is 9.39. The Bertz CT molecular complexity index is 1020. The van der Waals surface area contributed by atoms with Crippen LogP contribution in [0.5, 0.6) is 11.5 Å². The molecule has 2 aliphatic heterocycles. The lowest BCUT2D eigenvalue weighted by atomic mass is 9.69.